The lowest BCUT2D eigenvalue weighted by molar-refractivity contribution is 0.0951. The van der Waals surface area contributed by atoms with Crippen LogP contribution < -0.4 is 0 Å². The molecule has 0 fully saturated rings. The minimum Gasteiger partial charge on any atom is -0.315 e. The zero-order valence-corrected chi connectivity index (χ0v) is 15.6. The molecule has 0 amide bonds. The quantitative estimate of drug-likeness (QED) is 0.330. The van der Waals surface area contributed by atoms with Gasteiger partial charge in [0.1, 0.15) is 11.7 Å². The first-order valence-electron chi connectivity index (χ1n) is 7.30. The molecular weight excluding hydrogens is 295 g/mol. The van der Waals surface area contributed by atoms with Gasteiger partial charge < -0.3 is 9.08 Å². The zero-order chi connectivity index (χ0) is 16.0. The summed E-state index contributed by atoms with van der Waals surface area (Å²) in [5.74, 6) is 0.590. The molecule has 0 bridgehead atoms. The van der Waals surface area contributed by atoms with E-state index >= 15 is 0 Å². The lowest BCUT2D eigenvalue weighted by Crippen LogP contribution is -2.23. The average Bonchev–Trinajstić information content (AvgIpc) is 2.32. The highest BCUT2D eigenvalue weighted by Gasteiger charge is 2.31. The third-order valence-corrected chi connectivity index (χ3v) is 6.43. The first kappa shape index (κ1) is 20.5. The molecular formula is C14H31O4PS. The van der Waals surface area contributed by atoms with Crippen molar-refractivity contribution in [3.63, 3.8) is 0 Å². The van der Waals surface area contributed by atoms with Crippen LogP contribution in [0.1, 0.15) is 67.7 Å². The van der Waals surface area contributed by atoms with Crippen molar-refractivity contribution < 1.29 is 18.2 Å². The normalized spacial score (nSPS) is 17.8. The van der Waals surface area contributed by atoms with Crippen molar-refractivity contribution in [2.75, 3.05) is 6.61 Å². The first-order chi connectivity index (χ1) is 8.96. The molecule has 6 heteroatoms. The molecule has 122 valence electrons. The van der Waals surface area contributed by atoms with Gasteiger partial charge >= 0.3 is 6.80 Å². The second-order valence-electron chi connectivity index (χ2n) is 6.62. The average molecular weight is 326 g/mol. The predicted octanol–water partition coefficient (Wildman–Crippen LogP) is 5.42. The van der Waals surface area contributed by atoms with Gasteiger partial charge in [-0.2, -0.15) is 0 Å². The van der Waals surface area contributed by atoms with Gasteiger partial charge in [0, 0.05) is 0 Å². The molecule has 0 aliphatic heterocycles. The van der Waals surface area contributed by atoms with Gasteiger partial charge in [-0.15, -0.1) is 0 Å². The Morgan fingerprint density at radius 2 is 1.80 bits per heavy atom. The van der Waals surface area contributed by atoms with Crippen LogP contribution in [0, 0.1) is 11.3 Å². The predicted molar refractivity (Wildman–Crippen MR) is 86.7 cm³/mol. The third-order valence-electron chi connectivity index (χ3n) is 4.14. The summed E-state index contributed by atoms with van der Waals surface area (Å²) in [4.78, 5) is 9.74. The van der Waals surface area contributed by atoms with Crippen molar-refractivity contribution in [1.82, 2.24) is 0 Å². The molecule has 0 rings (SSSR count). The van der Waals surface area contributed by atoms with Crippen LogP contribution in [-0.2, 0) is 13.3 Å². The molecule has 0 aliphatic rings. The van der Waals surface area contributed by atoms with Gasteiger partial charge in [-0.1, -0.05) is 41.0 Å². The van der Waals surface area contributed by atoms with E-state index in [1.807, 2.05) is 6.92 Å². The van der Waals surface area contributed by atoms with Crippen molar-refractivity contribution in [2.24, 2.45) is 11.3 Å². The Morgan fingerprint density at radius 3 is 2.25 bits per heavy atom. The molecule has 2 unspecified atom stereocenters. The zero-order valence-electron chi connectivity index (χ0n) is 13.9. The standard InChI is InChI=1S/C14H31O4PS/c1-8-12(3)13(4,5)10-11-17-20-19(15,16)18-14(6,7)9-2/h12H,8-11H2,1-7H3,(H,15,16). The first-order valence-corrected chi connectivity index (χ1v) is 10.2. The summed E-state index contributed by atoms with van der Waals surface area (Å²) in [6, 6.07) is 0. The van der Waals surface area contributed by atoms with Crippen molar-refractivity contribution in [2.45, 2.75) is 73.3 Å². The van der Waals surface area contributed by atoms with Crippen LogP contribution in [0.25, 0.3) is 0 Å². The monoisotopic (exact) mass is 326 g/mol. The highest BCUT2D eigenvalue weighted by molar-refractivity contribution is 8.52. The topological polar surface area (TPSA) is 55.8 Å². The van der Waals surface area contributed by atoms with Crippen LogP contribution in [0.3, 0.4) is 0 Å². The Hall–Kier alpha value is 0.460. The maximum Gasteiger partial charge on any atom is 0.413 e. The van der Waals surface area contributed by atoms with Crippen LogP contribution >= 0.6 is 18.5 Å². The fraction of sp³-hybridized carbons (Fsp3) is 1.00. The molecule has 0 radical (unpaired) electrons. The molecule has 0 spiro atoms. The van der Waals surface area contributed by atoms with Crippen molar-refractivity contribution >= 4 is 18.5 Å². The van der Waals surface area contributed by atoms with Gasteiger partial charge in [-0.25, -0.2) is 4.57 Å². The summed E-state index contributed by atoms with van der Waals surface area (Å²) in [5.41, 5.74) is -0.449. The Kier molecular flexibility index (Phi) is 8.38. The third kappa shape index (κ3) is 8.04. The number of hydrogen-bond donors (Lipinski definition) is 1. The van der Waals surface area contributed by atoms with Crippen molar-refractivity contribution in [1.29, 1.82) is 0 Å². The van der Waals surface area contributed by atoms with E-state index in [0.717, 1.165) is 12.8 Å². The van der Waals surface area contributed by atoms with Crippen LogP contribution in [0.5, 0.6) is 0 Å². The van der Waals surface area contributed by atoms with E-state index in [4.69, 9.17) is 8.71 Å². The van der Waals surface area contributed by atoms with Crippen LogP contribution in [0.2, 0.25) is 0 Å². The van der Waals surface area contributed by atoms with E-state index < -0.39 is 12.4 Å². The van der Waals surface area contributed by atoms with E-state index in [1.54, 1.807) is 13.8 Å². The van der Waals surface area contributed by atoms with Gasteiger partial charge in [0.25, 0.3) is 0 Å². The summed E-state index contributed by atoms with van der Waals surface area (Å²) >= 11 is 0.570. The van der Waals surface area contributed by atoms with Crippen LogP contribution in [0.4, 0.5) is 0 Å². The maximum absolute atomic E-state index is 11.9. The van der Waals surface area contributed by atoms with Gasteiger partial charge in [0.15, 0.2) is 0 Å². The lowest BCUT2D eigenvalue weighted by atomic mass is 9.76. The molecule has 4 nitrogen and oxygen atoms in total. The molecule has 0 saturated heterocycles. The Morgan fingerprint density at radius 1 is 1.25 bits per heavy atom. The van der Waals surface area contributed by atoms with E-state index in [0.29, 0.717) is 30.6 Å². The van der Waals surface area contributed by atoms with Crippen LogP contribution in [0.15, 0.2) is 0 Å². The fourth-order valence-corrected chi connectivity index (χ4v) is 3.99. The molecule has 2 atom stereocenters. The molecule has 0 saturated carbocycles. The molecule has 0 aromatic rings. The molecule has 20 heavy (non-hydrogen) atoms. The second kappa shape index (κ2) is 8.19. The fourth-order valence-electron chi connectivity index (χ4n) is 1.60. The van der Waals surface area contributed by atoms with Gasteiger partial charge in [-0.3, -0.25) is 4.52 Å². The van der Waals surface area contributed by atoms with E-state index in [-0.39, 0.29) is 5.41 Å². The highest BCUT2D eigenvalue weighted by Crippen LogP contribution is 2.59. The SMILES string of the molecule is CCC(C)C(C)(C)CCOSP(=O)(O)OC(C)(C)CC. The Labute approximate surface area is 128 Å². The van der Waals surface area contributed by atoms with Crippen molar-refractivity contribution in [3.8, 4) is 0 Å². The van der Waals surface area contributed by atoms with Crippen LogP contribution in [-0.4, -0.2) is 17.1 Å². The van der Waals surface area contributed by atoms with E-state index in [2.05, 4.69) is 27.7 Å². The highest BCUT2D eigenvalue weighted by atomic mass is 32.7. The smallest absolute Gasteiger partial charge is 0.315 e. The van der Waals surface area contributed by atoms with E-state index in [9.17, 15) is 9.46 Å². The summed E-state index contributed by atoms with van der Waals surface area (Å²) in [5, 5.41) is 0. The molecule has 1 N–H and O–H groups in total. The van der Waals surface area contributed by atoms with Crippen molar-refractivity contribution in [3.05, 3.63) is 0 Å². The second-order valence-corrected chi connectivity index (χ2v) is 9.95. The molecule has 0 aliphatic carbocycles. The summed E-state index contributed by atoms with van der Waals surface area (Å²) < 4.78 is 22.4. The summed E-state index contributed by atoms with van der Waals surface area (Å²) in [6.07, 6.45) is 2.64. The minimum absolute atomic E-state index is 0.165. The van der Waals surface area contributed by atoms with Gasteiger partial charge in [-0.05, 0) is 38.0 Å². The maximum atomic E-state index is 11.9. The summed E-state index contributed by atoms with van der Waals surface area (Å²) in [6.45, 7) is 11.0. The molecule has 0 aromatic heterocycles. The number of hydrogen-bond acceptors (Lipinski definition) is 4. The lowest BCUT2D eigenvalue weighted by Gasteiger charge is -2.31. The largest absolute Gasteiger partial charge is 0.413 e. The van der Waals surface area contributed by atoms with Gasteiger partial charge in [0.05, 0.1) is 12.2 Å². The molecule has 0 aromatic carbocycles. The summed E-state index contributed by atoms with van der Waals surface area (Å²) in [7, 11) is 0. The minimum atomic E-state index is -3.75. The Balaban J connectivity index is 4.15. The number of rotatable bonds is 10. The van der Waals surface area contributed by atoms with Gasteiger partial charge in [0.2, 0.25) is 0 Å². The Bertz CT molecular complexity index is 331. The van der Waals surface area contributed by atoms with E-state index in [1.165, 1.54) is 0 Å². The molecule has 0 heterocycles.